The van der Waals surface area contributed by atoms with Crippen LogP contribution in [0.25, 0.3) is 0 Å². The molecular formula is C11H21N3O. The highest BCUT2D eigenvalue weighted by atomic mass is 16.2. The van der Waals surface area contributed by atoms with Gasteiger partial charge in [0.2, 0.25) is 5.91 Å². The van der Waals surface area contributed by atoms with Gasteiger partial charge in [0.15, 0.2) is 0 Å². The molecule has 1 saturated heterocycles. The Bertz CT molecular complexity index is 232. The van der Waals surface area contributed by atoms with Gasteiger partial charge in [0.1, 0.15) is 0 Å². The lowest BCUT2D eigenvalue weighted by molar-refractivity contribution is -0.124. The number of nitrogens with zero attached hydrogens (tertiary/aromatic N) is 1. The predicted molar refractivity (Wildman–Crippen MR) is 59.4 cm³/mol. The van der Waals surface area contributed by atoms with Crippen molar-refractivity contribution in [1.29, 1.82) is 0 Å². The smallest absolute Gasteiger partial charge is 0.234 e. The maximum Gasteiger partial charge on any atom is 0.234 e. The molecule has 0 radical (unpaired) electrons. The Morgan fingerprint density at radius 1 is 1.47 bits per heavy atom. The topological polar surface area (TPSA) is 58.4 Å². The molecule has 2 unspecified atom stereocenters. The number of piperazine rings is 1. The molecular weight excluding hydrogens is 190 g/mol. The first-order chi connectivity index (χ1) is 7.29. The van der Waals surface area contributed by atoms with Crippen LogP contribution in [0.1, 0.15) is 25.7 Å². The van der Waals surface area contributed by atoms with Crippen molar-refractivity contribution in [2.24, 2.45) is 11.7 Å². The van der Waals surface area contributed by atoms with Gasteiger partial charge in [0.05, 0.1) is 6.54 Å². The Kier molecular flexibility index (Phi) is 3.59. The summed E-state index contributed by atoms with van der Waals surface area (Å²) in [6, 6.07) is 0.632. The number of hydrogen-bond acceptors (Lipinski definition) is 3. The molecule has 0 aromatic carbocycles. The van der Waals surface area contributed by atoms with Crippen LogP contribution in [0.3, 0.4) is 0 Å². The summed E-state index contributed by atoms with van der Waals surface area (Å²) in [6.45, 7) is 3.24. The van der Waals surface area contributed by atoms with Gasteiger partial charge >= 0.3 is 0 Å². The maximum atomic E-state index is 11.3. The van der Waals surface area contributed by atoms with E-state index in [1.165, 1.54) is 19.3 Å². The molecule has 0 spiro atoms. The van der Waals surface area contributed by atoms with Crippen LogP contribution in [0.2, 0.25) is 0 Å². The number of amides is 1. The van der Waals surface area contributed by atoms with Crippen molar-refractivity contribution in [1.82, 2.24) is 10.2 Å². The minimum absolute atomic E-state index is 0.184. The van der Waals surface area contributed by atoms with Crippen LogP contribution in [0.15, 0.2) is 0 Å². The molecule has 0 aromatic rings. The molecule has 4 nitrogen and oxygen atoms in total. The van der Waals surface area contributed by atoms with Gasteiger partial charge in [-0.2, -0.15) is 0 Å². The summed E-state index contributed by atoms with van der Waals surface area (Å²) in [4.78, 5) is 13.6. The van der Waals surface area contributed by atoms with Gasteiger partial charge in [0, 0.05) is 19.1 Å². The monoisotopic (exact) mass is 211 g/mol. The average Bonchev–Trinajstić information content (AvgIpc) is 2.67. The molecule has 2 aliphatic rings. The molecule has 1 heterocycles. The molecule has 1 amide bonds. The van der Waals surface area contributed by atoms with Crippen molar-refractivity contribution in [2.75, 3.05) is 26.2 Å². The molecule has 1 saturated carbocycles. The normalized spacial score (nSPS) is 33.0. The number of carbonyl (C=O) groups is 1. The van der Waals surface area contributed by atoms with Crippen molar-refractivity contribution in [2.45, 2.75) is 31.7 Å². The summed E-state index contributed by atoms with van der Waals surface area (Å²) in [6.07, 6.45) is 4.93. The second kappa shape index (κ2) is 4.94. The van der Waals surface area contributed by atoms with E-state index in [4.69, 9.17) is 5.73 Å². The lowest BCUT2D eigenvalue weighted by Crippen LogP contribution is -2.51. The fourth-order valence-corrected chi connectivity index (χ4v) is 2.85. The summed E-state index contributed by atoms with van der Waals surface area (Å²) in [5.74, 6) is 0.980. The van der Waals surface area contributed by atoms with E-state index in [2.05, 4.69) is 10.2 Å². The van der Waals surface area contributed by atoms with Gasteiger partial charge in [0.25, 0.3) is 0 Å². The zero-order valence-electron chi connectivity index (χ0n) is 9.24. The molecule has 1 aliphatic heterocycles. The predicted octanol–water partition coefficient (Wildman–Crippen LogP) is -0.0643. The number of nitrogens with one attached hydrogen (secondary N) is 1. The van der Waals surface area contributed by atoms with Crippen LogP contribution < -0.4 is 11.1 Å². The largest absolute Gasteiger partial charge is 0.354 e. The number of rotatable bonds is 3. The van der Waals surface area contributed by atoms with Crippen LogP contribution in [0.4, 0.5) is 0 Å². The first-order valence-corrected chi connectivity index (χ1v) is 6.00. The van der Waals surface area contributed by atoms with E-state index < -0.39 is 0 Å². The molecule has 2 fully saturated rings. The summed E-state index contributed by atoms with van der Waals surface area (Å²) in [5.41, 5.74) is 5.58. The Morgan fingerprint density at radius 3 is 3.07 bits per heavy atom. The molecule has 2 rings (SSSR count). The fraction of sp³-hybridized carbons (Fsp3) is 0.909. The van der Waals surface area contributed by atoms with Gasteiger partial charge < -0.3 is 11.1 Å². The van der Waals surface area contributed by atoms with E-state index in [0.717, 1.165) is 32.0 Å². The van der Waals surface area contributed by atoms with Crippen molar-refractivity contribution in [3.05, 3.63) is 0 Å². The third kappa shape index (κ3) is 2.69. The first-order valence-electron chi connectivity index (χ1n) is 6.00. The highest BCUT2D eigenvalue weighted by Crippen LogP contribution is 2.31. The highest BCUT2D eigenvalue weighted by molar-refractivity contribution is 5.78. The van der Waals surface area contributed by atoms with Gasteiger partial charge in [-0.1, -0.05) is 0 Å². The van der Waals surface area contributed by atoms with Gasteiger partial charge in [-0.15, -0.1) is 0 Å². The molecule has 3 N–H and O–H groups in total. The van der Waals surface area contributed by atoms with E-state index in [-0.39, 0.29) is 5.91 Å². The summed E-state index contributed by atoms with van der Waals surface area (Å²) in [5, 5.41) is 2.87. The van der Waals surface area contributed by atoms with E-state index in [9.17, 15) is 4.79 Å². The van der Waals surface area contributed by atoms with Crippen LogP contribution in [0.5, 0.6) is 0 Å². The summed E-state index contributed by atoms with van der Waals surface area (Å²) < 4.78 is 0. The van der Waals surface area contributed by atoms with E-state index in [1.54, 1.807) is 0 Å². The van der Waals surface area contributed by atoms with Crippen LogP contribution in [-0.2, 0) is 4.79 Å². The Morgan fingerprint density at radius 2 is 2.33 bits per heavy atom. The quantitative estimate of drug-likeness (QED) is 0.687. The zero-order chi connectivity index (χ0) is 10.7. The third-order valence-electron chi connectivity index (χ3n) is 3.67. The standard InChI is InChI=1S/C11H21N3O/c12-4-3-9-1-2-10(7-9)14-6-5-13-11(15)8-14/h9-10H,1-8,12H2,(H,13,15). The van der Waals surface area contributed by atoms with Gasteiger partial charge in [-0.3, -0.25) is 9.69 Å². The Balaban J connectivity index is 1.81. The molecule has 15 heavy (non-hydrogen) atoms. The molecule has 4 heteroatoms. The van der Waals surface area contributed by atoms with Gasteiger partial charge in [-0.05, 0) is 38.1 Å². The maximum absolute atomic E-state index is 11.3. The fourth-order valence-electron chi connectivity index (χ4n) is 2.85. The van der Waals surface area contributed by atoms with Crippen LogP contribution in [0, 0.1) is 5.92 Å². The number of hydrogen-bond donors (Lipinski definition) is 2. The molecule has 0 aromatic heterocycles. The van der Waals surface area contributed by atoms with Crippen LogP contribution >= 0.6 is 0 Å². The van der Waals surface area contributed by atoms with Crippen molar-refractivity contribution >= 4 is 5.91 Å². The minimum atomic E-state index is 0.184. The first kappa shape index (κ1) is 10.9. The number of carbonyl (C=O) groups excluding carboxylic acids is 1. The minimum Gasteiger partial charge on any atom is -0.354 e. The average molecular weight is 211 g/mol. The molecule has 0 bridgehead atoms. The zero-order valence-corrected chi connectivity index (χ0v) is 9.24. The molecule has 2 atom stereocenters. The molecule has 86 valence electrons. The highest BCUT2D eigenvalue weighted by Gasteiger charge is 2.30. The van der Waals surface area contributed by atoms with E-state index in [0.29, 0.717) is 12.6 Å². The number of nitrogens with two attached hydrogens (primary N) is 1. The van der Waals surface area contributed by atoms with Gasteiger partial charge in [-0.25, -0.2) is 0 Å². The second-order valence-corrected chi connectivity index (χ2v) is 4.73. The summed E-state index contributed by atoms with van der Waals surface area (Å²) in [7, 11) is 0. The summed E-state index contributed by atoms with van der Waals surface area (Å²) >= 11 is 0. The SMILES string of the molecule is NCCC1CCC(N2CCNC(=O)C2)C1. The van der Waals surface area contributed by atoms with Crippen molar-refractivity contribution in [3.8, 4) is 0 Å². The van der Waals surface area contributed by atoms with Crippen LogP contribution in [-0.4, -0.2) is 43.0 Å². The van der Waals surface area contributed by atoms with E-state index in [1.807, 2.05) is 0 Å². The lowest BCUT2D eigenvalue weighted by atomic mass is 10.0. The van der Waals surface area contributed by atoms with Crippen molar-refractivity contribution in [3.63, 3.8) is 0 Å². The lowest BCUT2D eigenvalue weighted by Gasteiger charge is -2.32. The second-order valence-electron chi connectivity index (χ2n) is 4.73. The van der Waals surface area contributed by atoms with Crippen molar-refractivity contribution < 1.29 is 4.79 Å². The van der Waals surface area contributed by atoms with E-state index >= 15 is 0 Å². The third-order valence-corrected chi connectivity index (χ3v) is 3.67. The molecule has 1 aliphatic carbocycles. The Hall–Kier alpha value is -0.610. The Labute approximate surface area is 91.2 Å².